The molecular formula is C18H25N3OS. The molecule has 3 fully saturated rings. The zero-order valence-corrected chi connectivity index (χ0v) is 14.3. The van der Waals surface area contributed by atoms with Gasteiger partial charge in [0.2, 0.25) is 0 Å². The molecular weight excluding hydrogens is 306 g/mol. The molecule has 1 aromatic carbocycles. The van der Waals surface area contributed by atoms with Crippen molar-refractivity contribution in [2.45, 2.75) is 31.7 Å². The van der Waals surface area contributed by atoms with Gasteiger partial charge in [-0.3, -0.25) is 0 Å². The Balaban J connectivity index is 1.29. The zero-order valence-electron chi connectivity index (χ0n) is 13.4. The Morgan fingerprint density at radius 2 is 1.78 bits per heavy atom. The standard InChI is InChI=1S/C18H25N3OS/c22-16-5-3-15(4-6-16)20-7-9-21(10-8-20)18(23)19-17-12-13-1-2-14(17)11-13/h3-6,13-14,17,22H,1-2,7-12H2,(H,19,23). The van der Waals surface area contributed by atoms with Crippen LogP contribution in [0.25, 0.3) is 0 Å². The van der Waals surface area contributed by atoms with E-state index in [9.17, 15) is 5.11 Å². The maximum atomic E-state index is 9.40. The van der Waals surface area contributed by atoms with E-state index in [2.05, 4.69) is 15.1 Å². The minimum Gasteiger partial charge on any atom is -0.508 e. The largest absolute Gasteiger partial charge is 0.508 e. The Morgan fingerprint density at radius 3 is 2.39 bits per heavy atom. The zero-order chi connectivity index (χ0) is 15.8. The van der Waals surface area contributed by atoms with Gasteiger partial charge in [0.15, 0.2) is 5.11 Å². The summed E-state index contributed by atoms with van der Waals surface area (Å²) in [5.41, 5.74) is 1.18. The Kier molecular flexibility index (Phi) is 4.05. The third-order valence-corrected chi connectivity index (χ3v) is 6.20. The van der Waals surface area contributed by atoms with Crippen LogP contribution in [0.1, 0.15) is 25.7 Å². The van der Waals surface area contributed by atoms with Crippen molar-refractivity contribution in [3.8, 4) is 5.75 Å². The molecule has 0 radical (unpaired) electrons. The molecule has 1 aliphatic heterocycles. The summed E-state index contributed by atoms with van der Waals surface area (Å²) in [6.07, 6.45) is 5.55. The van der Waals surface area contributed by atoms with Gasteiger partial charge >= 0.3 is 0 Å². The molecule has 0 aromatic heterocycles. The molecule has 1 saturated heterocycles. The average Bonchev–Trinajstić information content (AvgIpc) is 3.18. The summed E-state index contributed by atoms with van der Waals surface area (Å²) in [5.74, 6) is 2.13. The van der Waals surface area contributed by atoms with Crippen molar-refractivity contribution in [2.24, 2.45) is 11.8 Å². The molecule has 2 N–H and O–H groups in total. The molecule has 23 heavy (non-hydrogen) atoms. The lowest BCUT2D eigenvalue weighted by Crippen LogP contribution is -2.54. The molecule has 4 nitrogen and oxygen atoms in total. The second-order valence-corrected chi connectivity index (χ2v) is 7.61. The Hall–Kier alpha value is -1.49. The molecule has 0 amide bonds. The molecule has 2 aliphatic carbocycles. The van der Waals surface area contributed by atoms with Crippen molar-refractivity contribution in [1.82, 2.24) is 10.2 Å². The SMILES string of the molecule is Oc1ccc(N2CCN(C(=S)NC3CC4CCC3C4)CC2)cc1. The number of phenols is 1. The molecule has 3 unspecified atom stereocenters. The minimum absolute atomic E-state index is 0.323. The van der Waals surface area contributed by atoms with E-state index in [1.807, 2.05) is 12.1 Å². The summed E-state index contributed by atoms with van der Waals surface area (Å²) < 4.78 is 0. The van der Waals surface area contributed by atoms with Crippen molar-refractivity contribution in [2.75, 3.05) is 31.1 Å². The van der Waals surface area contributed by atoms with Gasteiger partial charge in [-0.05, 0) is 67.6 Å². The summed E-state index contributed by atoms with van der Waals surface area (Å²) >= 11 is 5.66. The Morgan fingerprint density at radius 1 is 1.04 bits per heavy atom. The smallest absolute Gasteiger partial charge is 0.169 e. The van der Waals surface area contributed by atoms with Gasteiger partial charge in [-0.25, -0.2) is 0 Å². The number of benzene rings is 1. The molecule has 1 heterocycles. The van der Waals surface area contributed by atoms with Gasteiger partial charge in [-0.2, -0.15) is 0 Å². The van der Waals surface area contributed by atoms with Crippen LogP contribution in [0.3, 0.4) is 0 Å². The van der Waals surface area contributed by atoms with Gasteiger partial charge in [0.05, 0.1) is 0 Å². The first-order valence-corrected chi connectivity index (χ1v) is 9.19. The van der Waals surface area contributed by atoms with Gasteiger partial charge in [-0.15, -0.1) is 0 Å². The predicted molar refractivity (Wildman–Crippen MR) is 96.9 cm³/mol. The van der Waals surface area contributed by atoms with E-state index >= 15 is 0 Å². The molecule has 4 rings (SSSR count). The van der Waals surface area contributed by atoms with Crippen molar-refractivity contribution < 1.29 is 5.11 Å². The third-order valence-electron chi connectivity index (χ3n) is 5.83. The lowest BCUT2D eigenvalue weighted by atomic mass is 9.95. The summed E-state index contributed by atoms with van der Waals surface area (Å²) in [4.78, 5) is 4.67. The second-order valence-electron chi connectivity index (χ2n) is 7.22. The second kappa shape index (κ2) is 6.19. The van der Waals surface area contributed by atoms with Crippen LogP contribution in [-0.2, 0) is 0 Å². The highest BCUT2D eigenvalue weighted by atomic mass is 32.1. The van der Waals surface area contributed by atoms with Gasteiger partial charge in [-0.1, -0.05) is 6.42 Å². The van der Waals surface area contributed by atoms with Crippen LogP contribution in [0.2, 0.25) is 0 Å². The highest BCUT2D eigenvalue weighted by Gasteiger charge is 2.40. The number of anilines is 1. The number of nitrogens with zero attached hydrogens (tertiary/aromatic N) is 2. The van der Waals surface area contributed by atoms with Gasteiger partial charge in [0, 0.05) is 37.9 Å². The number of phenolic OH excluding ortho intramolecular Hbond substituents is 1. The monoisotopic (exact) mass is 331 g/mol. The van der Waals surface area contributed by atoms with Crippen LogP contribution in [-0.4, -0.2) is 47.3 Å². The molecule has 0 spiro atoms. The predicted octanol–water partition coefficient (Wildman–Crippen LogP) is 2.58. The van der Waals surface area contributed by atoms with E-state index in [0.29, 0.717) is 11.8 Å². The number of fused-ring (bicyclic) bond motifs is 2. The van der Waals surface area contributed by atoms with Gasteiger partial charge < -0.3 is 20.2 Å². The van der Waals surface area contributed by atoms with E-state index in [1.54, 1.807) is 12.1 Å². The third kappa shape index (κ3) is 3.11. The fourth-order valence-corrected chi connectivity index (χ4v) is 4.84. The van der Waals surface area contributed by atoms with E-state index in [0.717, 1.165) is 43.1 Å². The first kappa shape index (κ1) is 15.1. The normalized spacial score (nSPS) is 29.8. The summed E-state index contributed by atoms with van der Waals surface area (Å²) in [7, 11) is 0. The fourth-order valence-electron chi connectivity index (χ4n) is 4.50. The van der Waals surface area contributed by atoms with Gasteiger partial charge in [0.1, 0.15) is 5.75 Å². The average molecular weight is 331 g/mol. The number of aromatic hydroxyl groups is 1. The van der Waals surface area contributed by atoms with Crippen molar-refractivity contribution in [3.05, 3.63) is 24.3 Å². The van der Waals surface area contributed by atoms with Crippen LogP contribution >= 0.6 is 12.2 Å². The first-order chi connectivity index (χ1) is 11.2. The van der Waals surface area contributed by atoms with Crippen LogP contribution in [0.5, 0.6) is 5.75 Å². The van der Waals surface area contributed by atoms with Crippen LogP contribution in [0.15, 0.2) is 24.3 Å². The molecule has 3 atom stereocenters. The lowest BCUT2D eigenvalue weighted by Gasteiger charge is -2.38. The maximum absolute atomic E-state index is 9.40. The minimum atomic E-state index is 0.323. The van der Waals surface area contributed by atoms with Gasteiger partial charge in [0.25, 0.3) is 0 Å². The number of nitrogens with one attached hydrogen (secondary N) is 1. The van der Waals surface area contributed by atoms with E-state index in [4.69, 9.17) is 12.2 Å². The number of thiocarbonyl (C=S) groups is 1. The number of hydrogen-bond donors (Lipinski definition) is 2. The number of piperazine rings is 1. The highest BCUT2D eigenvalue weighted by molar-refractivity contribution is 7.80. The fraction of sp³-hybridized carbons (Fsp3) is 0.611. The molecule has 2 saturated carbocycles. The summed E-state index contributed by atoms with van der Waals surface area (Å²) in [5, 5.41) is 14.0. The molecule has 5 heteroatoms. The maximum Gasteiger partial charge on any atom is 0.169 e. The van der Waals surface area contributed by atoms with Crippen molar-refractivity contribution in [3.63, 3.8) is 0 Å². The molecule has 3 aliphatic rings. The van der Waals surface area contributed by atoms with Crippen LogP contribution in [0, 0.1) is 11.8 Å². The van der Waals surface area contributed by atoms with Crippen LogP contribution < -0.4 is 10.2 Å². The van der Waals surface area contributed by atoms with E-state index < -0.39 is 0 Å². The highest BCUT2D eigenvalue weighted by Crippen LogP contribution is 2.44. The first-order valence-electron chi connectivity index (χ1n) is 8.78. The Bertz CT molecular complexity index is 568. The van der Waals surface area contributed by atoms with E-state index in [1.165, 1.54) is 31.4 Å². The lowest BCUT2D eigenvalue weighted by molar-refractivity contribution is 0.345. The van der Waals surface area contributed by atoms with Crippen LogP contribution in [0.4, 0.5) is 5.69 Å². The van der Waals surface area contributed by atoms with Crippen molar-refractivity contribution >= 4 is 23.0 Å². The number of hydrogen-bond acceptors (Lipinski definition) is 3. The van der Waals surface area contributed by atoms with E-state index in [-0.39, 0.29) is 0 Å². The summed E-state index contributed by atoms with van der Waals surface area (Å²) in [6.45, 7) is 3.88. The molecule has 2 bridgehead atoms. The Labute approximate surface area is 143 Å². The quantitative estimate of drug-likeness (QED) is 0.815. The summed E-state index contributed by atoms with van der Waals surface area (Å²) in [6, 6.07) is 8.09. The molecule has 1 aromatic rings. The molecule has 124 valence electrons. The number of rotatable bonds is 2. The van der Waals surface area contributed by atoms with Crippen molar-refractivity contribution in [1.29, 1.82) is 0 Å². The topological polar surface area (TPSA) is 38.7 Å².